The molecule has 35 heavy (non-hydrogen) atoms. The average Bonchev–Trinajstić information content (AvgIpc) is 3.16. The lowest BCUT2D eigenvalue weighted by molar-refractivity contribution is -0.140. The Labute approximate surface area is 205 Å². The molecule has 1 atom stereocenters. The molecule has 2 aromatic carbocycles. The number of aliphatic hydroxyl groups excluding tert-OH is 1. The van der Waals surface area contributed by atoms with Gasteiger partial charge < -0.3 is 24.2 Å². The van der Waals surface area contributed by atoms with Gasteiger partial charge in [0.25, 0.3) is 11.7 Å². The van der Waals surface area contributed by atoms with Crippen LogP contribution in [0.15, 0.2) is 66.8 Å². The second-order valence-corrected chi connectivity index (χ2v) is 8.35. The van der Waals surface area contributed by atoms with Crippen molar-refractivity contribution in [3.05, 3.63) is 77.9 Å². The van der Waals surface area contributed by atoms with E-state index in [1.54, 1.807) is 54.5 Å². The van der Waals surface area contributed by atoms with Gasteiger partial charge in [0.2, 0.25) is 0 Å². The number of likely N-dealkylation sites (tertiary alicyclic amines) is 1. The van der Waals surface area contributed by atoms with E-state index < -0.39 is 17.7 Å². The van der Waals surface area contributed by atoms with E-state index in [2.05, 4.69) is 11.5 Å². The van der Waals surface area contributed by atoms with Gasteiger partial charge in [-0.1, -0.05) is 24.8 Å². The van der Waals surface area contributed by atoms with Crippen molar-refractivity contribution < 1.29 is 28.9 Å². The summed E-state index contributed by atoms with van der Waals surface area (Å²) < 4.78 is 16.3. The van der Waals surface area contributed by atoms with Crippen LogP contribution in [0.1, 0.15) is 17.2 Å². The smallest absolute Gasteiger partial charge is 0.295 e. The van der Waals surface area contributed by atoms with E-state index >= 15 is 0 Å². The SMILES string of the molecule is C=CCOc1cccc([C@@H]2/C(=C(\O)c3ccc(OC)cc3)C(=O)C(=O)N2CCN2CCOCC2)c1. The van der Waals surface area contributed by atoms with E-state index in [0.29, 0.717) is 55.5 Å². The monoisotopic (exact) mass is 478 g/mol. The fourth-order valence-electron chi connectivity index (χ4n) is 4.37. The van der Waals surface area contributed by atoms with Crippen LogP contribution in [0.4, 0.5) is 0 Å². The molecule has 184 valence electrons. The minimum absolute atomic E-state index is 0.0583. The largest absolute Gasteiger partial charge is 0.507 e. The van der Waals surface area contributed by atoms with Gasteiger partial charge in [-0.05, 0) is 42.0 Å². The van der Waals surface area contributed by atoms with Crippen LogP contribution in [0.2, 0.25) is 0 Å². The molecule has 2 aliphatic rings. The average molecular weight is 479 g/mol. The lowest BCUT2D eigenvalue weighted by atomic mass is 9.95. The highest BCUT2D eigenvalue weighted by molar-refractivity contribution is 6.46. The van der Waals surface area contributed by atoms with Crippen LogP contribution in [0, 0.1) is 0 Å². The Morgan fingerprint density at radius 3 is 2.54 bits per heavy atom. The summed E-state index contributed by atoms with van der Waals surface area (Å²) in [6.07, 6.45) is 1.64. The standard InChI is InChI=1S/C27H30N2O6/c1-3-15-35-22-6-4-5-20(18-22)24-23(25(30)19-7-9-21(33-2)10-8-19)26(31)27(32)29(24)12-11-28-13-16-34-17-14-28/h3-10,18,24,30H,1,11-17H2,2H3/b25-23+/t24-/m1/s1. The summed E-state index contributed by atoms with van der Waals surface area (Å²) >= 11 is 0. The van der Waals surface area contributed by atoms with Crippen molar-refractivity contribution in [2.45, 2.75) is 6.04 Å². The molecule has 2 aromatic rings. The molecule has 1 amide bonds. The molecule has 2 aliphatic heterocycles. The molecule has 4 rings (SSSR count). The number of rotatable bonds is 9. The Hall–Kier alpha value is -3.62. The van der Waals surface area contributed by atoms with Gasteiger partial charge >= 0.3 is 0 Å². The normalized spacial score (nSPS) is 20.1. The number of aliphatic hydroxyl groups is 1. The first kappa shape index (κ1) is 24.5. The molecular formula is C27H30N2O6. The maximum Gasteiger partial charge on any atom is 0.295 e. The van der Waals surface area contributed by atoms with Crippen LogP contribution in [-0.4, -0.2) is 79.7 Å². The van der Waals surface area contributed by atoms with Gasteiger partial charge in [0.15, 0.2) is 0 Å². The minimum atomic E-state index is -0.745. The zero-order chi connectivity index (χ0) is 24.8. The number of morpholine rings is 1. The molecular weight excluding hydrogens is 448 g/mol. The van der Waals surface area contributed by atoms with Crippen molar-refractivity contribution in [3.8, 4) is 11.5 Å². The van der Waals surface area contributed by atoms with E-state index in [4.69, 9.17) is 14.2 Å². The van der Waals surface area contributed by atoms with Crippen molar-refractivity contribution in [1.29, 1.82) is 0 Å². The molecule has 2 heterocycles. The number of carbonyl (C=O) groups is 2. The number of Topliss-reactive ketones (excluding diaryl/α,β-unsaturated/α-hetero) is 1. The number of carbonyl (C=O) groups excluding carboxylic acids is 2. The Bertz CT molecular complexity index is 1100. The van der Waals surface area contributed by atoms with Crippen LogP contribution in [0.5, 0.6) is 11.5 Å². The van der Waals surface area contributed by atoms with Crippen LogP contribution in [-0.2, 0) is 14.3 Å². The first-order valence-corrected chi connectivity index (χ1v) is 11.6. The van der Waals surface area contributed by atoms with Crippen LogP contribution >= 0.6 is 0 Å². The van der Waals surface area contributed by atoms with Gasteiger partial charge in [-0.25, -0.2) is 0 Å². The molecule has 0 unspecified atom stereocenters. The van der Waals surface area contributed by atoms with Crippen LogP contribution in [0.25, 0.3) is 5.76 Å². The summed E-state index contributed by atoms with van der Waals surface area (Å²) in [4.78, 5) is 30.2. The van der Waals surface area contributed by atoms with Gasteiger partial charge in [0.1, 0.15) is 23.9 Å². The van der Waals surface area contributed by atoms with E-state index in [-0.39, 0.29) is 11.3 Å². The Kier molecular flexibility index (Phi) is 7.84. The third-order valence-corrected chi connectivity index (χ3v) is 6.21. The summed E-state index contributed by atoms with van der Waals surface area (Å²) in [5.74, 6) is -0.345. The maximum atomic E-state index is 13.2. The molecule has 0 spiro atoms. The highest BCUT2D eigenvalue weighted by Gasteiger charge is 2.46. The van der Waals surface area contributed by atoms with Gasteiger partial charge in [-0.2, -0.15) is 0 Å². The topological polar surface area (TPSA) is 88.5 Å². The predicted molar refractivity (Wildman–Crippen MR) is 131 cm³/mol. The minimum Gasteiger partial charge on any atom is -0.507 e. The quantitative estimate of drug-likeness (QED) is 0.257. The number of nitrogens with zero attached hydrogens (tertiary/aromatic N) is 2. The van der Waals surface area contributed by atoms with Gasteiger partial charge in [0.05, 0.1) is 31.9 Å². The van der Waals surface area contributed by atoms with Crippen LogP contribution in [0.3, 0.4) is 0 Å². The summed E-state index contributed by atoms with van der Waals surface area (Å²) in [5, 5.41) is 11.2. The second kappa shape index (κ2) is 11.2. The summed E-state index contributed by atoms with van der Waals surface area (Å²) in [7, 11) is 1.55. The fraction of sp³-hybridized carbons (Fsp3) is 0.333. The number of ketones is 1. The maximum absolute atomic E-state index is 13.2. The molecule has 8 nitrogen and oxygen atoms in total. The fourth-order valence-corrected chi connectivity index (χ4v) is 4.37. The summed E-state index contributed by atoms with van der Waals surface area (Å²) in [5.41, 5.74) is 1.17. The van der Waals surface area contributed by atoms with E-state index in [1.165, 1.54) is 0 Å². The number of benzene rings is 2. The van der Waals surface area contributed by atoms with E-state index in [0.717, 1.165) is 13.1 Å². The van der Waals surface area contributed by atoms with Crippen molar-refractivity contribution >= 4 is 17.4 Å². The summed E-state index contributed by atoms with van der Waals surface area (Å²) in [6, 6.07) is 13.2. The number of methoxy groups -OCH3 is 1. The lowest BCUT2D eigenvalue weighted by Crippen LogP contribution is -2.42. The Morgan fingerprint density at radius 1 is 1.11 bits per heavy atom. The number of amides is 1. The highest BCUT2D eigenvalue weighted by atomic mass is 16.5. The highest BCUT2D eigenvalue weighted by Crippen LogP contribution is 2.40. The van der Waals surface area contributed by atoms with E-state index in [1.807, 2.05) is 12.1 Å². The molecule has 0 aliphatic carbocycles. The van der Waals surface area contributed by atoms with E-state index in [9.17, 15) is 14.7 Å². The zero-order valence-electron chi connectivity index (χ0n) is 19.8. The lowest BCUT2D eigenvalue weighted by Gasteiger charge is -2.31. The van der Waals surface area contributed by atoms with Gasteiger partial charge in [-0.3, -0.25) is 14.5 Å². The number of hydrogen-bond acceptors (Lipinski definition) is 7. The Morgan fingerprint density at radius 2 is 1.86 bits per heavy atom. The first-order chi connectivity index (χ1) is 17.0. The molecule has 2 saturated heterocycles. The third kappa shape index (κ3) is 5.39. The first-order valence-electron chi connectivity index (χ1n) is 11.6. The molecule has 0 aromatic heterocycles. The Balaban J connectivity index is 1.73. The number of ether oxygens (including phenoxy) is 3. The van der Waals surface area contributed by atoms with Crippen LogP contribution < -0.4 is 9.47 Å². The van der Waals surface area contributed by atoms with Crippen molar-refractivity contribution in [2.75, 3.05) is 53.1 Å². The van der Waals surface area contributed by atoms with Crippen molar-refractivity contribution in [2.24, 2.45) is 0 Å². The van der Waals surface area contributed by atoms with Crippen molar-refractivity contribution in [1.82, 2.24) is 9.80 Å². The molecule has 2 fully saturated rings. The second-order valence-electron chi connectivity index (χ2n) is 8.35. The molecule has 1 N–H and O–H groups in total. The van der Waals surface area contributed by atoms with Gasteiger partial charge in [-0.15, -0.1) is 0 Å². The van der Waals surface area contributed by atoms with Gasteiger partial charge in [0, 0.05) is 31.7 Å². The third-order valence-electron chi connectivity index (χ3n) is 6.21. The summed E-state index contributed by atoms with van der Waals surface area (Å²) in [6.45, 7) is 7.76. The predicted octanol–water partition coefficient (Wildman–Crippen LogP) is 3.01. The molecule has 8 heteroatoms. The molecule has 0 saturated carbocycles. The molecule has 0 bridgehead atoms. The molecule has 0 radical (unpaired) electrons. The van der Waals surface area contributed by atoms with Crippen molar-refractivity contribution in [3.63, 3.8) is 0 Å². The zero-order valence-corrected chi connectivity index (χ0v) is 19.8. The number of hydrogen-bond donors (Lipinski definition) is 1.